The van der Waals surface area contributed by atoms with E-state index in [0.717, 1.165) is 25.3 Å². The van der Waals surface area contributed by atoms with Gasteiger partial charge in [0.1, 0.15) is 0 Å². The lowest BCUT2D eigenvalue weighted by Gasteiger charge is -2.22. The molecule has 2 aliphatic rings. The van der Waals surface area contributed by atoms with Gasteiger partial charge in [-0.05, 0) is 60.4 Å². The minimum atomic E-state index is 0. The fraction of sp³-hybridized carbons (Fsp3) is 0.643. The highest BCUT2D eigenvalue weighted by Crippen LogP contribution is 2.34. The van der Waals surface area contributed by atoms with E-state index in [1.54, 1.807) is 0 Å². The molecule has 0 aliphatic carbocycles. The van der Waals surface area contributed by atoms with Gasteiger partial charge in [-0.15, -0.1) is 35.3 Å². The Hall–Kier alpha value is 0.390. The number of guanidine groups is 1. The van der Waals surface area contributed by atoms with Crippen LogP contribution in [0.1, 0.15) is 24.1 Å². The maximum absolute atomic E-state index is 5.86. The van der Waals surface area contributed by atoms with Gasteiger partial charge >= 0.3 is 0 Å². The van der Waals surface area contributed by atoms with Crippen molar-refractivity contribution in [2.24, 2.45) is 4.99 Å². The Morgan fingerprint density at radius 2 is 2.33 bits per heavy atom. The van der Waals surface area contributed by atoms with E-state index in [4.69, 9.17) is 4.74 Å². The Morgan fingerprint density at radius 3 is 2.90 bits per heavy atom. The van der Waals surface area contributed by atoms with Crippen LogP contribution in [0.4, 0.5) is 0 Å². The van der Waals surface area contributed by atoms with E-state index in [2.05, 4.69) is 50.3 Å². The van der Waals surface area contributed by atoms with Gasteiger partial charge in [0.2, 0.25) is 0 Å². The highest BCUT2D eigenvalue weighted by molar-refractivity contribution is 14.1. The number of nitrogens with one attached hydrogen (secondary N) is 2. The van der Waals surface area contributed by atoms with Crippen molar-refractivity contribution in [2.45, 2.75) is 43.9 Å². The smallest absolute Gasteiger partial charge is 0.191 e. The van der Waals surface area contributed by atoms with Crippen molar-refractivity contribution in [1.82, 2.24) is 10.6 Å². The second-order valence-electron chi connectivity index (χ2n) is 5.32. The molecule has 2 N–H and O–H groups in total. The first-order valence-corrected chi connectivity index (χ1v) is 9.01. The normalized spacial score (nSPS) is 27.5. The average molecular weight is 533 g/mol. The molecule has 1 aromatic heterocycles. The lowest BCUT2D eigenvalue weighted by atomic mass is 9.96. The third-order valence-corrected chi connectivity index (χ3v) is 5.90. The van der Waals surface area contributed by atoms with E-state index in [-0.39, 0.29) is 24.0 Å². The van der Waals surface area contributed by atoms with Crippen molar-refractivity contribution in [3.63, 3.8) is 0 Å². The van der Waals surface area contributed by atoms with Gasteiger partial charge in [-0.3, -0.25) is 4.99 Å². The van der Waals surface area contributed by atoms with Crippen LogP contribution in [0.2, 0.25) is 0 Å². The summed E-state index contributed by atoms with van der Waals surface area (Å²) in [6, 6.07) is 4.80. The maximum atomic E-state index is 5.86. The summed E-state index contributed by atoms with van der Waals surface area (Å²) in [6.45, 7) is 0.915. The molecule has 2 bridgehead atoms. The molecule has 2 fully saturated rings. The van der Waals surface area contributed by atoms with Crippen LogP contribution in [0.3, 0.4) is 0 Å². The lowest BCUT2D eigenvalue weighted by Crippen LogP contribution is -2.47. The predicted molar refractivity (Wildman–Crippen MR) is 107 cm³/mol. The van der Waals surface area contributed by atoms with Crippen molar-refractivity contribution in [3.8, 4) is 0 Å². The molecule has 2 saturated heterocycles. The minimum absolute atomic E-state index is 0. The summed E-state index contributed by atoms with van der Waals surface area (Å²) in [6.07, 6.45) is 5.44. The van der Waals surface area contributed by atoms with Crippen molar-refractivity contribution in [2.75, 3.05) is 13.6 Å². The van der Waals surface area contributed by atoms with Crippen LogP contribution in [0.25, 0.3) is 0 Å². The highest BCUT2D eigenvalue weighted by atomic mass is 127. The van der Waals surface area contributed by atoms with Crippen molar-refractivity contribution in [3.05, 3.63) is 19.9 Å². The van der Waals surface area contributed by atoms with Crippen molar-refractivity contribution >= 4 is 63.9 Å². The first-order chi connectivity index (χ1) is 9.74. The first kappa shape index (κ1) is 17.7. The number of ether oxygens (including phenoxy) is 1. The van der Waals surface area contributed by atoms with Gasteiger partial charge in [-0.1, -0.05) is 0 Å². The molecule has 0 saturated carbocycles. The summed E-state index contributed by atoms with van der Waals surface area (Å²) < 4.78 is 7.21. The van der Waals surface area contributed by atoms with Crippen LogP contribution < -0.4 is 10.6 Å². The molecule has 7 heteroatoms. The van der Waals surface area contributed by atoms with Crippen LogP contribution in [-0.2, 0) is 11.2 Å². The molecular formula is C14H21I2N3OS. The molecule has 3 rings (SSSR count). The van der Waals surface area contributed by atoms with E-state index in [0.29, 0.717) is 18.2 Å². The van der Waals surface area contributed by atoms with E-state index >= 15 is 0 Å². The van der Waals surface area contributed by atoms with E-state index < -0.39 is 0 Å². The quantitative estimate of drug-likeness (QED) is 0.356. The van der Waals surface area contributed by atoms with E-state index in [9.17, 15) is 0 Å². The van der Waals surface area contributed by atoms with Crippen LogP contribution in [-0.4, -0.2) is 37.8 Å². The number of aliphatic imine (C=N–C) groups is 1. The van der Waals surface area contributed by atoms with Gasteiger partial charge in [0, 0.05) is 18.5 Å². The largest absolute Gasteiger partial charge is 0.373 e. The fourth-order valence-corrected chi connectivity index (χ4v) is 4.71. The SMILES string of the molecule is CN=C(NCCc1ccc(I)s1)NC1CC2CCC1O2.I. The summed E-state index contributed by atoms with van der Waals surface area (Å²) in [4.78, 5) is 5.73. The van der Waals surface area contributed by atoms with Crippen molar-refractivity contribution in [1.29, 1.82) is 0 Å². The van der Waals surface area contributed by atoms with Crippen LogP contribution in [0.5, 0.6) is 0 Å². The number of rotatable bonds is 4. The summed E-state index contributed by atoms with van der Waals surface area (Å²) >= 11 is 4.22. The number of nitrogens with zero attached hydrogens (tertiary/aromatic N) is 1. The standard InChI is InChI=1S/C14H20IN3OS.HI/c1-16-14(17-7-6-10-3-5-13(15)20-10)18-11-8-9-2-4-12(11)19-9;/h3,5,9,11-12H,2,4,6-8H2,1H3,(H2,16,17,18);1H. The average Bonchev–Trinajstić information content (AvgIpc) is 3.14. The van der Waals surface area contributed by atoms with Crippen LogP contribution in [0, 0.1) is 2.88 Å². The highest BCUT2D eigenvalue weighted by Gasteiger charge is 2.41. The van der Waals surface area contributed by atoms with E-state index in [1.165, 1.54) is 20.6 Å². The van der Waals surface area contributed by atoms with Gasteiger partial charge in [-0.2, -0.15) is 0 Å². The monoisotopic (exact) mass is 533 g/mol. The molecular weight excluding hydrogens is 512 g/mol. The zero-order valence-electron chi connectivity index (χ0n) is 12.0. The summed E-state index contributed by atoms with van der Waals surface area (Å²) in [7, 11) is 1.83. The first-order valence-electron chi connectivity index (χ1n) is 7.11. The summed E-state index contributed by atoms with van der Waals surface area (Å²) in [5.41, 5.74) is 0. The Labute approximate surface area is 160 Å². The molecule has 118 valence electrons. The summed E-state index contributed by atoms with van der Waals surface area (Å²) in [5.74, 6) is 0.900. The Balaban J connectivity index is 0.00000161. The zero-order valence-corrected chi connectivity index (χ0v) is 17.3. The molecule has 3 heterocycles. The molecule has 0 spiro atoms. The minimum Gasteiger partial charge on any atom is -0.373 e. The molecule has 3 unspecified atom stereocenters. The molecule has 0 radical (unpaired) electrons. The lowest BCUT2D eigenvalue weighted by molar-refractivity contribution is 0.0992. The molecule has 21 heavy (non-hydrogen) atoms. The number of hydrogen-bond acceptors (Lipinski definition) is 3. The van der Waals surface area contributed by atoms with Crippen LogP contribution >= 0.6 is 57.9 Å². The molecule has 0 aromatic carbocycles. The third kappa shape index (κ3) is 4.68. The van der Waals surface area contributed by atoms with Crippen LogP contribution in [0.15, 0.2) is 17.1 Å². The number of fused-ring (bicyclic) bond motifs is 2. The van der Waals surface area contributed by atoms with Gasteiger partial charge in [-0.25, -0.2) is 0 Å². The molecule has 1 aromatic rings. The second kappa shape index (κ2) is 8.30. The molecule has 3 atom stereocenters. The number of hydrogen-bond donors (Lipinski definition) is 2. The Bertz CT molecular complexity index is 494. The predicted octanol–water partition coefficient (Wildman–Crippen LogP) is 3.00. The number of halogens is 2. The van der Waals surface area contributed by atoms with Gasteiger partial charge in [0.05, 0.1) is 21.1 Å². The summed E-state index contributed by atoms with van der Waals surface area (Å²) in [5, 5.41) is 6.91. The number of thiophene rings is 1. The zero-order chi connectivity index (χ0) is 13.9. The Morgan fingerprint density at radius 1 is 1.48 bits per heavy atom. The molecule has 0 amide bonds. The fourth-order valence-electron chi connectivity index (χ4n) is 2.95. The van der Waals surface area contributed by atoms with Gasteiger partial charge in [0.25, 0.3) is 0 Å². The second-order valence-corrected chi connectivity index (χ2v) is 8.38. The third-order valence-electron chi connectivity index (χ3n) is 3.94. The van der Waals surface area contributed by atoms with E-state index in [1.807, 2.05) is 18.4 Å². The van der Waals surface area contributed by atoms with Crippen molar-refractivity contribution < 1.29 is 4.74 Å². The maximum Gasteiger partial charge on any atom is 0.191 e. The molecule has 4 nitrogen and oxygen atoms in total. The topological polar surface area (TPSA) is 45.7 Å². The Kier molecular flexibility index (Phi) is 7.01. The molecule has 2 aliphatic heterocycles. The van der Waals surface area contributed by atoms with Gasteiger partial charge < -0.3 is 15.4 Å². The van der Waals surface area contributed by atoms with Gasteiger partial charge in [0.15, 0.2) is 5.96 Å².